The number of halogens is 1. The fourth-order valence-electron chi connectivity index (χ4n) is 4.00. The van der Waals surface area contributed by atoms with Gasteiger partial charge in [0.05, 0.1) is 23.2 Å². The maximum absolute atomic E-state index is 6.53. The summed E-state index contributed by atoms with van der Waals surface area (Å²) in [4.78, 5) is 12.9. The van der Waals surface area contributed by atoms with E-state index < -0.39 is 0 Å². The fourth-order valence-corrected chi connectivity index (χ4v) is 4.21. The van der Waals surface area contributed by atoms with Crippen LogP contribution in [0.5, 0.6) is 5.75 Å². The summed E-state index contributed by atoms with van der Waals surface area (Å²) in [5, 5.41) is 0.702. The minimum atomic E-state index is 0.702. The van der Waals surface area contributed by atoms with Gasteiger partial charge in [0.2, 0.25) is 0 Å². The molecule has 2 heterocycles. The monoisotopic (exact) mass is 418 g/mol. The Morgan fingerprint density at radius 1 is 0.867 bits per heavy atom. The van der Waals surface area contributed by atoms with Gasteiger partial charge in [-0.15, -0.1) is 0 Å². The molecular formula is C24H23ClN4O. The Morgan fingerprint density at radius 2 is 1.60 bits per heavy atom. The van der Waals surface area contributed by atoms with Crippen molar-refractivity contribution in [3.63, 3.8) is 0 Å². The number of benzene rings is 3. The van der Waals surface area contributed by atoms with Crippen LogP contribution in [0.3, 0.4) is 0 Å². The maximum Gasteiger partial charge on any atom is 0.140 e. The molecule has 5 rings (SSSR count). The number of piperazine rings is 1. The fraction of sp³-hybridized carbons (Fsp3) is 0.208. The second kappa shape index (κ2) is 7.92. The highest BCUT2D eigenvalue weighted by Crippen LogP contribution is 2.32. The van der Waals surface area contributed by atoms with Gasteiger partial charge in [0.1, 0.15) is 11.6 Å². The van der Waals surface area contributed by atoms with Crippen molar-refractivity contribution in [2.45, 2.75) is 0 Å². The number of anilines is 2. The van der Waals surface area contributed by atoms with Crippen molar-refractivity contribution in [3.05, 3.63) is 71.8 Å². The van der Waals surface area contributed by atoms with Gasteiger partial charge in [0.15, 0.2) is 0 Å². The van der Waals surface area contributed by atoms with Crippen LogP contribution in [-0.2, 0) is 0 Å². The van der Waals surface area contributed by atoms with E-state index in [0.717, 1.165) is 54.3 Å². The number of nitrogens with zero attached hydrogens (tertiary/aromatic N) is 3. The molecule has 1 aromatic heterocycles. The number of rotatable bonds is 4. The lowest BCUT2D eigenvalue weighted by atomic mass is 10.1. The van der Waals surface area contributed by atoms with Crippen molar-refractivity contribution in [3.8, 4) is 17.1 Å². The lowest BCUT2D eigenvalue weighted by Gasteiger charge is -2.37. The topological polar surface area (TPSA) is 44.4 Å². The van der Waals surface area contributed by atoms with Gasteiger partial charge in [-0.05, 0) is 42.5 Å². The third-order valence-corrected chi connectivity index (χ3v) is 5.99. The molecule has 4 aromatic rings. The molecule has 6 heteroatoms. The molecule has 0 saturated carbocycles. The predicted octanol–water partition coefficient (Wildman–Crippen LogP) is 5.22. The summed E-state index contributed by atoms with van der Waals surface area (Å²) in [6.07, 6.45) is 0. The molecule has 0 spiro atoms. The van der Waals surface area contributed by atoms with E-state index in [1.807, 2.05) is 42.5 Å². The predicted molar refractivity (Wildman–Crippen MR) is 124 cm³/mol. The van der Waals surface area contributed by atoms with Crippen molar-refractivity contribution in [1.82, 2.24) is 9.97 Å². The van der Waals surface area contributed by atoms with Crippen LogP contribution in [0.25, 0.3) is 22.4 Å². The van der Waals surface area contributed by atoms with E-state index >= 15 is 0 Å². The third-order valence-electron chi connectivity index (χ3n) is 5.66. The minimum absolute atomic E-state index is 0.702. The van der Waals surface area contributed by atoms with E-state index in [4.69, 9.17) is 21.3 Å². The Balaban J connectivity index is 1.36. The van der Waals surface area contributed by atoms with Crippen LogP contribution in [0.15, 0.2) is 66.7 Å². The van der Waals surface area contributed by atoms with Crippen molar-refractivity contribution in [2.75, 3.05) is 43.1 Å². The summed E-state index contributed by atoms with van der Waals surface area (Å²) in [5.41, 5.74) is 5.26. The average Bonchev–Trinajstić information content (AvgIpc) is 3.24. The molecule has 30 heavy (non-hydrogen) atoms. The molecule has 0 radical (unpaired) electrons. The van der Waals surface area contributed by atoms with E-state index in [9.17, 15) is 0 Å². The van der Waals surface area contributed by atoms with Gasteiger partial charge in [-0.2, -0.15) is 0 Å². The number of fused-ring (bicyclic) bond motifs is 1. The van der Waals surface area contributed by atoms with E-state index in [-0.39, 0.29) is 0 Å². The van der Waals surface area contributed by atoms with E-state index in [1.165, 1.54) is 11.4 Å². The molecule has 1 saturated heterocycles. The second-order valence-corrected chi connectivity index (χ2v) is 7.85. The zero-order valence-corrected chi connectivity index (χ0v) is 17.6. The zero-order valence-electron chi connectivity index (χ0n) is 16.8. The molecule has 0 amide bonds. The summed E-state index contributed by atoms with van der Waals surface area (Å²) < 4.78 is 5.37. The first kappa shape index (κ1) is 18.8. The van der Waals surface area contributed by atoms with Crippen molar-refractivity contribution in [1.29, 1.82) is 0 Å². The summed E-state index contributed by atoms with van der Waals surface area (Å²) in [7, 11) is 1.71. The van der Waals surface area contributed by atoms with Crippen molar-refractivity contribution < 1.29 is 4.74 Å². The number of para-hydroxylation sites is 2. The van der Waals surface area contributed by atoms with Crippen LogP contribution >= 0.6 is 11.6 Å². The summed E-state index contributed by atoms with van der Waals surface area (Å²) in [5.74, 6) is 1.70. The number of imidazole rings is 1. The van der Waals surface area contributed by atoms with Gasteiger partial charge < -0.3 is 19.5 Å². The molecule has 0 atom stereocenters. The summed E-state index contributed by atoms with van der Waals surface area (Å²) >= 11 is 6.53. The number of aromatic amines is 1. The number of hydrogen-bond acceptors (Lipinski definition) is 4. The van der Waals surface area contributed by atoms with Gasteiger partial charge >= 0.3 is 0 Å². The van der Waals surface area contributed by atoms with Crippen LogP contribution in [0.1, 0.15) is 0 Å². The van der Waals surface area contributed by atoms with Gasteiger partial charge in [-0.1, -0.05) is 29.8 Å². The standard InChI is InChI=1S/C24H23ClN4O/c1-30-19-6-4-5-17(15-19)28-11-13-29(14-12-28)18-9-10-21(25)20(16-18)24-26-22-7-2-3-8-23(22)27-24/h2-10,15-16H,11-14H2,1H3,(H,26,27). The number of hydrogen-bond donors (Lipinski definition) is 1. The van der Waals surface area contributed by atoms with E-state index in [0.29, 0.717) is 5.02 Å². The Kier molecular flexibility index (Phi) is 4.97. The lowest BCUT2D eigenvalue weighted by Crippen LogP contribution is -2.46. The first-order valence-corrected chi connectivity index (χ1v) is 10.5. The molecule has 0 unspecified atom stereocenters. The van der Waals surface area contributed by atoms with Crippen LogP contribution in [0.4, 0.5) is 11.4 Å². The molecular weight excluding hydrogens is 396 g/mol. The molecule has 3 aromatic carbocycles. The number of H-pyrrole nitrogens is 1. The highest BCUT2D eigenvalue weighted by atomic mass is 35.5. The Labute approximate surface area is 180 Å². The van der Waals surface area contributed by atoms with Gasteiger partial charge in [0.25, 0.3) is 0 Å². The Bertz CT molecular complexity index is 1150. The molecule has 0 aliphatic carbocycles. The first-order valence-electron chi connectivity index (χ1n) is 10.1. The Hall–Kier alpha value is -3.18. The SMILES string of the molecule is COc1cccc(N2CCN(c3ccc(Cl)c(-c4nc5ccccc5[nH]4)c3)CC2)c1. The number of aromatic nitrogens is 2. The van der Waals surface area contributed by atoms with Crippen molar-refractivity contribution in [2.24, 2.45) is 0 Å². The van der Waals surface area contributed by atoms with Gasteiger partial charge in [0, 0.05) is 49.2 Å². The summed E-state index contributed by atoms with van der Waals surface area (Å²) in [6.45, 7) is 3.79. The highest BCUT2D eigenvalue weighted by molar-refractivity contribution is 6.33. The lowest BCUT2D eigenvalue weighted by molar-refractivity contribution is 0.414. The normalized spacial score (nSPS) is 14.3. The molecule has 1 aliphatic heterocycles. The van der Waals surface area contributed by atoms with Crippen LogP contribution in [0.2, 0.25) is 5.02 Å². The van der Waals surface area contributed by atoms with E-state index in [2.05, 4.69) is 39.0 Å². The number of ether oxygens (including phenoxy) is 1. The van der Waals surface area contributed by atoms with E-state index in [1.54, 1.807) is 7.11 Å². The second-order valence-electron chi connectivity index (χ2n) is 7.44. The first-order chi connectivity index (χ1) is 14.7. The van der Waals surface area contributed by atoms with Crippen LogP contribution in [0, 0.1) is 0 Å². The highest BCUT2D eigenvalue weighted by Gasteiger charge is 2.19. The number of methoxy groups -OCH3 is 1. The number of nitrogens with one attached hydrogen (secondary N) is 1. The Morgan fingerprint density at radius 3 is 2.33 bits per heavy atom. The smallest absolute Gasteiger partial charge is 0.140 e. The largest absolute Gasteiger partial charge is 0.497 e. The maximum atomic E-state index is 6.53. The molecule has 1 N–H and O–H groups in total. The molecule has 0 bridgehead atoms. The summed E-state index contributed by atoms with van der Waals surface area (Å²) in [6, 6.07) is 22.5. The quantitative estimate of drug-likeness (QED) is 0.493. The third kappa shape index (κ3) is 3.57. The molecule has 1 fully saturated rings. The van der Waals surface area contributed by atoms with Crippen molar-refractivity contribution >= 4 is 34.0 Å². The van der Waals surface area contributed by atoms with Crippen LogP contribution in [-0.4, -0.2) is 43.3 Å². The van der Waals surface area contributed by atoms with Gasteiger partial charge in [-0.25, -0.2) is 4.98 Å². The minimum Gasteiger partial charge on any atom is -0.497 e. The average molecular weight is 419 g/mol. The molecule has 152 valence electrons. The molecule has 1 aliphatic rings. The zero-order chi connectivity index (χ0) is 20.5. The van der Waals surface area contributed by atoms with Crippen LogP contribution < -0.4 is 14.5 Å². The van der Waals surface area contributed by atoms with Gasteiger partial charge in [-0.3, -0.25) is 0 Å². The molecule has 5 nitrogen and oxygen atoms in total.